The minimum absolute atomic E-state index is 0.390. The largest absolute Gasteiger partial charge is 0.496 e. The number of halogens is 1. The molecule has 0 bridgehead atoms. The van der Waals surface area contributed by atoms with Crippen LogP contribution in [0.1, 0.15) is 10.4 Å². The van der Waals surface area contributed by atoms with Crippen LogP contribution >= 0.6 is 15.9 Å². The lowest BCUT2D eigenvalue weighted by Gasteiger charge is -2.13. The summed E-state index contributed by atoms with van der Waals surface area (Å²) in [5, 5.41) is 0. The number of methoxy groups -OCH3 is 2. The molecule has 0 aliphatic heterocycles. The van der Waals surface area contributed by atoms with Crippen molar-refractivity contribution in [2.24, 2.45) is 0 Å². The summed E-state index contributed by atoms with van der Waals surface area (Å²) in [5.41, 5.74) is 2.12. The van der Waals surface area contributed by atoms with Gasteiger partial charge in [0.1, 0.15) is 5.75 Å². The smallest absolute Gasteiger partial charge is 0.338 e. The second-order valence-corrected chi connectivity index (χ2v) is 4.80. The Bertz CT molecular complexity index is 594. The first kappa shape index (κ1) is 13.6. The van der Waals surface area contributed by atoms with Crippen molar-refractivity contribution >= 4 is 21.9 Å². The number of carbonyl (C=O) groups excluding carboxylic acids is 1. The van der Waals surface area contributed by atoms with Crippen LogP contribution in [0.2, 0.25) is 0 Å². The maximum atomic E-state index is 11.9. The molecule has 4 heteroatoms. The van der Waals surface area contributed by atoms with Crippen molar-refractivity contribution in [2.75, 3.05) is 14.2 Å². The highest BCUT2D eigenvalue weighted by molar-refractivity contribution is 9.10. The number of hydrogen-bond donors (Lipinski definition) is 0. The summed E-state index contributed by atoms with van der Waals surface area (Å²) in [6.45, 7) is 0. The van der Waals surface area contributed by atoms with Crippen LogP contribution in [0.5, 0.6) is 5.75 Å². The molecule has 0 aliphatic rings. The average Bonchev–Trinajstić information content (AvgIpc) is 2.46. The molecule has 2 aromatic carbocycles. The van der Waals surface area contributed by atoms with Crippen molar-refractivity contribution in [3.63, 3.8) is 0 Å². The number of esters is 1. The van der Waals surface area contributed by atoms with Crippen LogP contribution in [0.15, 0.2) is 46.9 Å². The summed E-state index contributed by atoms with van der Waals surface area (Å²) in [5.74, 6) is 0.236. The Morgan fingerprint density at radius 2 is 1.79 bits per heavy atom. The molecule has 0 atom stereocenters. The zero-order chi connectivity index (χ0) is 13.8. The summed E-state index contributed by atoms with van der Waals surface area (Å²) in [6.07, 6.45) is 0. The minimum atomic E-state index is -0.390. The first-order chi connectivity index (χ1) is 9.17. The van der Waals surface area contributed by atoms with Crippen molar-refractivity contribution in [1.82, 2.24) is 0 Å². The average molecular weight is 321 g/mol. The van der Waals surface area contributed by atoms with E-state index in [0.29, 0.717) is 11.3 Å². The van der Waals surface area contributed by atoms with Crippen molar-refractivity contribution in [2.45, 2.75) is 0 Å². The summed E-state index contributed by atoms with van der Waals surface area (Å²) in [4.78, 5) is 11.9. The monoisotopic (exact) mass is 320 g/mol. The summed E-state index contributed by atoms with van der Waals surface area (Å²) >= 11 is 3.37. The van der Waals surface area contributed by atoms with Gasteiger partial charge in [-0.05, 0) is 17.7 Å². The maximum absolute atomic E-state index is 11.9. The highest BCUT2D eigenvalue weighted by Crippen LogP contribution is 2.36. The van der Waals surface area contributed by atoms with Gasteiger partial charge < -0.3 is 9.47 Å². The van der Waals surface area contributed by atoms with E-state index < -0.39 is 5.97 Å². The molecule has 0 N–H and O–H groups in total. The predicted molar refractivity (Wildman–Crippen MR) is 77.5 cm³/mol. The molecular formula is C15H13BrO3. The van der Waals surface area contributed by atoms with Crippen LogP contribution in [0.3, 0.4) is 0 Å². The molecule has 2 aromatic rings. The van der Waals surface area contributed by atoms with Gasteiger partial charge in [-0.3, -0.25) is 0 Å². The highest BCUT2D eigenvalue weighted by Gasteiger charge is 2.18. The predicted octanol–water partition coefficient (Wildman–Crippen LogP) is 3.91. The van der Waals surface area contributed by atoms with E-state index in [0.717, 1.165) is 15.6 Å². The SMILES string of the molecule is COC(=O)c1cc(Br)cc(OC)c1-c1ccccc1. The lowest BCUT2D eigenvalue weighted by Crippen LogP contribution is -2.05. The molecule has 0 aromatic heterocycles. The lowest BCUT2D eigenvalue weighted by atomic mass is 9.98. The van der Waals surface area contributed by atoms with Crippen molar-refractivity contribution < 1.29 is 14.3 Å². The van der Waals surface area contributed by atoms with Gasteiger partial charge in [0.2, 0.25) is 0 Å². The fraction of sp³-hybridized carbons (Fsp3) is 0.133. The number of hydrogen-bond acceptors (Lipinski definition) is 3. The van der Waals surface area contributed by atoms with Gasteiger partial charge >= 0.3 is 5.97 Å². The molecule has 3 nitrogen and oxygen atoms in total. The highest BCUT2D eigenvalue weighted by atomic mass is 79.9. The van der Waals surface area contributed by atoms with Crippen molar-refractivity contribution in [3.8, 4) is 16.9 Å². The van der Waals surface area contributed by atoms with Gasteiger partial charge in [0.15, 0.2) is 0 Å². The third-order valence-electron chi connectivity index (χ3n) is 2.75. The fourth-order valence-electron chi connectivity index (χ4n) is 1.92. The van der Waals surface area contributed by atoms with Crippen LogP contribution in [0, 0.1) is 0 Å². The second kappa shape index (κ2) is 5.89. The Morgan fingerprint density at radius 3 is 2.37 bits per heavy atom. The number of carbonyl (C=O) groups is 1. The third-order valence-corrected chi connectivity index (χ3v) is 3.21. The molecule has 0 saturated carbocycles. The van der Waals surface area contributed by atoms with E-state index in [2.05, 4.69) is 15.9 Å². The standard InChI is InChI=1S/C15H13BrO3/c1-18-13-9-11(16)8-12(15(17)19-2)14(13)10-6-4-3-5-7-10/h3-9H,1-2H3. The van der Waals surface area contributed by atoms with Crippen LogP contribution in [-0.4, -0.2) is 20.2 Å². The van der Waals surface area contributed by atoms with E-state index in [9.17, 15) is 4.79 Å². The Kier molecular flexibility index (Phi) is 4.22. The Hall–Kier alpha value is -1.81. The van der Waals surface area contributed by atoms with Gasteiger partial charge in [0.25, 0.3) is 0 Å². The van der Waals surface area contributed by atoms with Crippen LogP contribution in [0.4, 0.5) is 0 Å². The molecule has 98 valence electrons. The normalized spacial score (nSPS) is 10.1. The third kappa shape index (κ3) is 2.79. The molecule has 0 radical (unpaired) electrons. The van der Waals surface area contributed by atoms with Crippen molar-refractivity contribution in [3.05, 3.63) is 52.5 Å². The number of ether oxygens (including phenoxy) is 2. The first-order valence-electron chi connectivity index (χ1n) is 5.68. The number of rotatable bonds is 3. The molecule has 2 rings (SSSR count). The van der Waals surface area contributed by atoms with E-state index >= 15 is 0 Å². The van der Waals surface area contributed by atoms with Gasteiger partial charge in [-0.25, -0.2) is 4.79 Å². The molecule has 19 heavy (non-hydrogen) atoms. The fourth-order valence-corrected chi connectivity index (χ4v) is 2.35. The molecule has 0 fully saturated rings. The zero-order valence-electron chi connectivity index (χ0n) is 10.6. The summed E-state index contributed by atoms with van der Waals surface area (Å²) in [6, 6.07) is 13.2. The molecule has 0 spiro atoms. The molecule has 0 unspecified atom stereocenters. The number of benzene rings is 2. The topological polar surface area (TPSA) is 35.5 Å². The molecule has 0 aliphatic carbocycles. The molecule has 0 saturated heterocycles. The molecule has 0 heterocycles. The van der Waals surface area contributed by atoms with Gasteiger partial charge in [0.05, 0.1) is 19.8 Å². The minimum Gasteiger partial charge on any atom is -0.496 e. The van der Waals surface area contributed by atoms with E-state index in [-0.39, 0.29) is 0 Å². The van der Waals surface area contributed by atoms with E-state index in [1.165, 1.54) is 7.11 Å². The quantitative estimate of drug-likeness (QED) is 0.804. The van der Waals surface area contributed by atoms with Crippen LogP contribution in [-0.2, 0) is 4.74 Å². The maximum Gasteiger partial charge on any atom is 0.338 e. The Balaban J connectivity index is 2.72. The summed E-state index contributed by atoms with van der Waals surface area (Å²) < 4.78 is 11.0. The zero-order valence-corrected chi connectivity index (χ0v) is 12.2. The van der Waals surface area contributed by atoms with Gasteiger partial charge in [-0.1, -0.05) is 46.3 Å². The summed E-state index contributed by atoms with van der Waals surface area (Å²) in [7, 11) is 2.94. The molecular weight excluding hydrogens is 308 g/mol. The van der Waals surface area contributed by atoms with Crippen LogP contribution in [0.25, 0.3) is 11.1 Å². The Labute approximate surface area is 120 Å². The van der Waals surface area contributed by atoms with Gasteiger partial charge in [-0.15, -0.1) is 0 Å². The van der Waals surface area contributed by atoms with E-state index in [1.807, 2.05) is 36.4 Å². The molecule has 0 amide bonds. The van der Waals surface area contributed by atoms with Gasteiger partial charge in [-0.2, -0.15) is 0 Å². The van der Waals surface area contributed by atoms with Crippen molar-refractivity contribution in [1.29, 1.82) is 0 Å². The van der Waals surface area contributed by atoms with Crippen LogP contribution < -0.4 is 4.74 Å². The van der Waals surface area contributed by atoms with Gasteiger partial charge in [0, 0.05) is 10.0 Å². The van der Waals surface area contributed by atoms with E-state index in [4.69, 9.17) is 9.47 Å². The second-order valence-electron chi connectivity index (χ2n) is 3.89. The first-order valence-corrected chi connectivity index (χ1v) is 6.48. The van der Waals surface area contributed by atoms with E-state index in [1.54, 1.807) is 13.2 Å². The lowest BCUT2D eigenvalue weighted by molar-refractivity contribution is 0.0601. The Morgan fingerprint density at radius 1 is 1.11 bits per heavy atom.